The predicted molar refractivity (Wildman–Crippen MR) is 66.0 cm³/mol. The lowest BCUT2D eigenvalue weighted by atomic mass is 10.1. The van der Waals surface area contributed by atoms with Gasteiger partial charge in [0.1, 0.15) is 6.10 Å². The van der Waals surface area contributed by atoms with Crippen molar-refractivity contribution < 1.29 is 9.47 Å². The molecule has 0 saturated carbocycles. The van der Waals surface area contributed by atoms with Gasteiger partial charge in [-0.15, -0.1) is 0 Å². The van der Waals surface area contributed by atoms with Gasteiger partial charge in [0, 0.05) is 24.7 Å². The highest BCUT2D eigenvalue weighted by Crippen LogP contribution is 2.18. The Bertz CT molecular complexity index is 362. The second-order valence-corrected chi connectivity index (χ2v) is 4.36. The number of ether oxygens (including phenoxy) is 2. The molecule has 1 aromatic heterocycles. The lowest BCUT2D eigenvalue weighted by Gasteiger charge is -2.13. The number of pyridine rings is 1. The van der Waals surface area contributed by atoms with Gasteiger partial charge in [-0.2, -0.15) is 0 Å². The molecule has 1 saturated heterocycles. The van der Waals surface area contributed by atoms with Crippen LogP contribution in [0.15, 0.2) is 12.1 Å². The summed E-state index contributed by atoms with van der Waals surface area (Å²) in [6, 6.07) is 3.99. The second-order valence-electron chi connectivity index (χ2n) is 4.36. The number of aryl methyl sites for hydroxylation is 1. The third kappa shape index (κ3) is 3.41. The monoisotopic (exact) mass is 236 g/mol. The van der Waals surface area contributed by atoms with Gasteiger partial charge in [-0.1, -0.05) is 13.3 Å². The van der Waals surface area contributed by atoms with Crippen molar-refractivity contribution in [3.63, 3.8) is 0 Å². The van der Waals surface area contributed by atoms with Crippen LogP contribution in [0.4, 0.5) is 0 Å². The fourth-order valence-electron chi connectivity index (χ4n) is 1.96. The summed E-state index contributed by atoms with van der Waals surface area (Å²) in [5.74, 6) is 0.687. The minimum absolute atomic E-state index is 0.144. The van der Waals surface area contributed by atoms with Gasteiger partial charge >= 0.3 is 0 Å². The lowest BCUT2D eigenvalue weighted by Crippen LogP contribution is -2.17. The molecule has 2 rings (SSSR count). The molecule has 1 aliphatic heterocycles. The summed E-state index contributed by atoms with van der Waals surface area (Å²) >= 11 is 0. The van der Waals surface area contributed by atoms with Gasteiger partial charge in [-0.05, 0) is 18.1 Å². The van der Waals surface area contributed by atoms with Crippen LogP contribution < -0.4 is 10.5 Å². The molecule has 0 spiro atoms. The molecule has 0 radical (unpaired) electrons. The van der Waals surface area contributed by atoms with Gasteiger partial charge in [0.25, 0.3) is 0 Å². The molecule has 17 heavy (non-hydrogen) atoms. The summed E-state index contributed by atoms with van der Waals surface area (Å²) in [6.07, 6.45) is 3.13. The number of nitrogens with two attached hydrogens (primary N) is 1. The molecule has 1 unspecified atom stereocenters. The molecule has 2 heterocycles. The van der Waals surface area contributed by atoms with Crippen molar-refractivity contribution in [3.8, 4) is 5.88 Å². The van der Waals surface area contributed by atoms with Crippen LogP contribution in [0.25, 0.3) is 0 Å². The van der Waals surface area contributed by atoms with E-state index in [9.17, 15) is 0 Å². The first-order valence-corrected chi connectivity index (χ1v) is 6.26. The highest BCUT2D eigenvalue weighted by atomic mass is 16.5. The molecule has 0 bridgehead atoms. The van der Waals surface area contributed by atoms with Crippen LogP contribution in [-0.4, -0.2) is 24.3 Å². The maximum atomic E-state index is 5.81. The molecule has 4 heteroatoms. The molecular weight excluding hydrogens is 216 g/mol. The molecule has 1 atom stereocenters. The van der Waals surface area contributed by atoms with Crippen LogP contribution in [0.5, 0.6) is 5.88 Å². The van der Waals surface area contributed by atoms with Crippen LogP contribution >= 0.6 is 0 Å². The second kappa shape index (κ2) is 5.98. The van der Waals surface area contributed by atoms with Crippen molar-refractivity contribution >= 4 is 0 Å². The zero-order valence-corrected chi connectivity index (χ0v) is 10.3. The molecule has 2 N–H and O–H groups in total. The smallest absolute Gasteiger partial charge is 0.214 e. The Morgan fingerprint density at radius 3 is 3.06 bits per heavy atom. The Kier molecular flexibility index (Phi) is 4.34. The molecule has 0 amide bonds. The largest absolute Gasteiger partial charge is 0.472 e. The van der Waals surface area contributed by atoms with Gasteiger partial charge < -0.3 is 15.2 Å². The van der Waals surface area contributed by atoms with E-state index in [2.05, 4.69) is 18.0 Å². The molecule has 94 valence electrons. The number of nitrogens with zero attached hydrogens (tertiary/aromatic N) is 1. The predicted octanol–water partition coefficient (Wildman–Crippen LogP) is 1.66. The topological polar surface area (TPSA) is 57.4 Å². The number of hydrogen-bond donors (Lipinski definition) is 1. The Morgan fingerprint density at radius 1 is 1.53 bits per heavy atom. The number of hydrogen-bond acceptors (Lipinski definition) is 4. The van der Waals surface area contributed by atoms with Crippen LogP contribution in [0, 0.1) is 0 Å². The van der Waals surface area contributed by atoms with Crippen molar-refractivity contribution in [2.24, 2.45) is 5.73 Å². The van der Waals surface area contributed by atoms with E-state index < -0.39 is 0 Å². The van der Waals surface area contributed by atoms with Crippen LogP contribution in [0.3, 0.4) is 0 Å². The average molecular weight is 236 g/mol. The van der Waals surface area contributed by atoms with Gasteiger partial charge in [0.2, 0.25) is 5.88 Å². The zero-order chi connectivity index (χ0) is 12.1. The first-order chi connectivity index (χ1) is 8.31. The van der Waals surface area contributed by atoms with Crippen LogP contribution in [-0.2, 0) is 17.7 Å². The molecule has 4 nitrogen and oxygen atoms in total. The minimum Gasteiger partial charge on any atom is -0.472 e. The van der Waals surface area contributed by atoms with Gasteiger partial charge in [0.15, 0.2) is 0 Å². The fraction of sp³-hybridized carbons (Fsp3) is 0.615. The minimum atomic E-state index is 0.144. The average Bonchev–Trinajstić information content (AvgIpc) is 2.82. The molecule has 1 aromatic rings. The molecule has 1 fully saturated rings. The number of aromatic nitrogens is 1. The van der Waals surface area contributed by atoms with E-state index >= 15 is 0 Å². The van der Waals surface area contributed by atoms with Crippen molar-refractivity contribution in [2.45, 2.75) is 38.8 Å². The number of rotatable bonds is 5. The Balaban J connectivity index is 2.10. The summed E-state index contributed by atoms with van der Waals surface area (Å²) in [5, 5.41) is 0. The molecule has 0 aliphatic carbocycles. The van der Waals surface area contributed by atoms with Crippen molar-refractivity contribution in [1.29, 1.82) is 0 Å². The van der Waals surface area contributed by atoms with Gasteiger partial charge in [-0.3, -0.25) is 0 Å². The first-order valence-electron chi connectivity index (χ1n) is 6.26. The van der Waals surface area contributed by atoms with Crippen molar-refractivity contribution in [3.05, 3.63) is 23.4 Å². The fourth-order valence-corrected chi connectivity index (χ4v) is 1.96. The SMILES string of the molecule is CCCc1cc(CN)cc(OC2CCOC2)n1. The van der Waals surface area contributed by atoms with Crippen molar-refractivity contribution in [1.82, 2.24) is 4.98 Å². The summed E-state index contributed by atoms with van der Waals surface area (Å²) < 4.78 is 11.1. The van der Waals surface area contributed by atoms with Crippen LogP contribution in [0.2, 0.25) is 0 Å². The quantitative estimate of drug-likeness (QED) is 0.844. The van der Waals surface area contributed by atoms with E-state index in [0.717, 1.165) is 37.1 Å². The van der Waals surface area contributed by atoms with E-state index in [4.69, 9.17) is 15.2 Å². The Morgan fingerprint density at radius 2 is 2.41 bits per heavy atom. The highest BCUT2D eigenvalue weighted by molar-refractivity contribution is 5.25. The summed E-state index contributed by atoms with van der Waals surface area (Å²) in [7, 11) is 0. The van der Waals surface area contributed by atoms with Gasteiger partial charge in [-0.25, -0.2) is 4.98 Å². The lowest BCUT2D eigenvalue weighted by molar-refractivity contribution is 0.138. The van der Waals surface area contributed by atoms with E-state index in [0.29, 0.717) is 19.0 Å². The third-order valence-electron chi connectivity index (χ3n) is 2.83. The molecule has 0 aromatic carbocycles. The Hall–Kier alpha value is -1.13. The van der Waals surface area contributed by atoms with E-state index in [1.807, 2.05) is 6.07 Å². The van der Waals surface area contributed by atoms with Crippen molar-refractivity contribution in [2.75, 3.05) is 13.2 Å². The first kappa shape index (κ1) is 12.3. The zero-order valence-electron chi connectivity index (χ0n) is 10.3. The van der Waals surface area contributed by atoms with Gasteiger partial charge in [0.05, 0.1) is 13.2 Å². The summed E-state index contributed by atoms with van der Waals surface area (Å²) in [5.41, 5.74) is 7.82. The summed E-state index contributed by atoms with van der Waals surface area (Å²) in [6.45, 7) is 4.11. The molecular formula is C13H20N2O2. The third-order valence-corrected chi connectivity index (χ3v) is 2.83. The van der Waals surface area contributed by atoms with E-state index in [1.54, 1.807) is 0 Å². The maximum absolute atomic E-state index is 5.81. The normalized spacial score (nSPS) is 19.5. The Labute approximate surface area is 102 Å². The van der Waals surface area contributed by atoms with E-state index in [1.165, 1.54) is 0 Å². The summed E-state index contributed by atoms with van der Waals surface area (Å²) in [4.78, 5) is 4.50. The van der Waals surface area contributed by atoms with Crippen LogP contribution in [0.1, 0.15) is 31.0 Å². The maximum Gasteiger partial charge on any atom is 0.214 e. The standard InChI is InChI=1S/C13H20N2O2/c1-2-3-11-6-10(8-14)7-13(15-11)17-12-4-5-16-9-12/h6-7,12H,2-5,8-9,14H2,1H3. The van der Waals surface area contributed by atoms with E-state index in [-0.39, 0.29) is 6.10 Å². The molecule has 1 aliphatic rings. The highest BCUT2D eigenvalue weighted by Gasteiger charge is 2.18.